The Labute approximate surface area is 195 Å². The second-order valence-corrected chi connectivity index (χ2v) is 11.1. The van der Waals surface area contributed by atoms with Crippen LogP contribution in [0.3, 0.4) is 0 Å². The highest BCUT2D eigenvalue weighted by molar-refractivity contribution is 7.88. The Morgan fingerprint density at radius 2 is 1.61 bits per heavy atom. The summed E-state index contributed by atoms with van der Waals surface area (Å²) in [5, 5.41) is 0. The van der Waals surface area contributed by atoms with E-state index in [0.717, 1.165) is 22.7 Å². The number of sulfonamides is 1. The Morgan fingerprint density at radius 1 is 1.00 bits per heavy atom. The third-order valence-corrected chi connectivity index (χ3v) is 8.06. The predicted molar refractivity (Wildman–Crippen MR) is 125 cm³/mol. The molecule has 2 saturated heterocycles. The van der Waals surface area contributed by atoms with Gasteiger partial charge in [-0.05, 0) is 17.5 Å². The Balaban J connectivity index is 1.47. The fourth-order valence-electron chi connectivity index (χ4n) is 4.86. The van der Waals surface area contributed by atoms with E-state index in [0.29, 0.717) is 26.1 Å². The summed E-state index contributed by atoms with van der Waals surface area (Å²) in [6.45, 7) is 4.36. The second kappa shape index (κ2) is 9.24. The number of hydrogen-bond acceptors (Lipinski definition) is 5. The van der Waals surface area contributed by atoms with E-state index in [-0.39, 0.29) is 5.91 Å². The Morgan fingerprint density at radius 3 is 2.18 bits per heavy atom. The van der Waals surface area contributed by atoms with E-state index in [1.54, 1.807) is 0 Å². The van der Waals surface area contributed by atoms with Gasteiger partial charge in [-0.2, -0.15) is 4.31 Å². The lowest BCUT2D eigenvalue weighted by Gasteiger charge is -2.37. The number of nitrogens with zero attached hydrogens (tertiary/aromatic N) is 2. The quantitative estimate of drug-likeness (QED) is 0.620. The van der Waals surface area contributed by atoms with Crippen LogP contribution in [-0.2, 0) is 31.6 Å². The molecule has 2 heterocycles. The lowest BCUT2D eigenvalue weighted by Crippen LogP contribution is -2.61. The molecule has 4 rings (SSSR count). The van der Waals surface area contributed by atoms with Crippen molar-refractivity contribution in [1.82, 2.24) is 20.1 Å². The summed E-state index contributed by atoms with van der Waals surface area (Å²) in [4.78, 5) is 28.0. The van der Waals surface area contributed by atoms with E-state index in [2.05, 4.69) is 34.8 Å². The molecule has 0 spiro atoms. The van der Waals surface area contributed by atoms with Crippen molar-refractivity contribution in [3.8, 4) is 0 Å². The van der Waals surface area contributed by atoms with Crippen molar-refractivity contribution in [2.24, 2.45) is 5.92 Å². The molecule has 9 heteroatoms. The molecular formula is C24H30N4O4S. The smallest absolute Gasteiger partial charge is 0.256 e. The Kier molecular flexibility index (Phi) is 6.56. The first-order chi connectivity index (χ1) is 15.7. The van der Waals surface area contributed by atoms with Gasteiger partial charge in [0.15, 0.2) is 0 Å². The summed E-state index contributed by atoms with van der Waals surface area (Å²) in [5.41, 5.74) is 6.82. The highest BCUT2D eigenvalue weighted by Crippen LogP contribution is 2.39. The summed E-state index contributed by atoms with van der Waals surface area (Å²) in [7, 11) is -3.45. The molecule has 3 atom stereocenters. The minimum absolute atomic E-state index is 0.282. The fourth-order valence-corrected chi connectivity index (χ4v) is 5.96. The summed E-state index contributed by atoms with van der Waals surface area (Å²) < 4.78 is 24.7. The van der Waals surface area contributed by atoms with Crippen LogP contribution in [0.15, 0.2) is 60.7 Å². The highest BCUT2D eigenvalue weighted by Gasteiger charge is 2.48. The standard InChI is InChI=1S/C24H30N4O4S/c1-24(19-11-7-4-8-12-19)17-27(15-18-9-5-3-6-10-18)16-20(24)22(29)25-26-23(30)21-13-14-28(21)33(2,31)32/h3-12,20-21H,13-17H2,1-2H3,(H,25,29)(H,26,30)/t20-,21?,24-/m1/s1. The van der Waals surface area contributed by atoms with Crippen molar-refractivity contribution < 1.29 is 18.0 Å². The first-order valence-corrected chi connectivity index (χ1v) is 12.9. The number of nitrogens with one attached hydrogen (secondary N) is 2. The zero-order valence-electron chi connectivity index (χ0n) is 18.9. The van der Waals surface area contributed by atoms with Gasteiger partial charge in [-0.1, -0.05) is 67.6 Å². The van der Waals surface area contributed by atoms with E-state index < -0.39 is 33.3 Å². The number of carbonyl (C=O) groups is 2. The number of hydrazine groups is 1. The lowest BCUT2D eigenvalue weighted by molar-refractivity contribution is -0.135. The predicted octanol–water partition coefficient (Wildman–Crippen LogP) is 1.26. The van der Waals surface area contributed by atoms with E-state index >= 15 is 0 Å². The van der Waals surface area contributed by atoms with E-state index in [1.807, 2.05) is 48.5 Å². The van der Waals surface area contributed by atoms with Crippen molar-refractivity contribution in [3.05, 3.63) is 71.8 Å². The molecule has 2 aromatic rings. The molecule has 0 saturated carbocycles. The van der Waals surface area contributed by atoms with Gasteiger partial charge >= 0.3 is 0 Å². The van der Waals surface area contributed by atoms with Gasteiger partial charge in [-0.25, -0.2) is 8.42 Å². The minimum Gasteiger partial charge on any atom is -0.297 e. The Bertz CT molecular complexity index is 1110. The number of hydrogen-bond donors (Lipinski definition) is 2. The molecule has 2 aliphatic heterocycles. The number of rotatable bonds is 6. The molecule has 0 aliphatic carbocycles. The second-order valence-electron chi connectivity index (χ2n) is 9.15. The maximum atomic E-state index is 13.3. The van der Waals surface area contributed by atoms with Crippen LogP contribution in [-0.4, -0.2) is 61.4 Å². The summed E-state index contributed by atoms with van der Waals surface area (Å²) >= 11 is 0. The van der Waals surface area contributed by atoms with Crippen molar-refractivity contribution >= 4 is 21.8 Å². The first kappa shape index (κ1) is 23.4. The molecule has 0 bridgehead atoms. The summed E-state index contributed by atoms with van der Waals surface area (Å²) in [5.74, 6) is -1.19. The molecule has 8 nitrogen and oxygen atoms in total. The maximum Gasteiger partial charge on any atom is 0.256 e. The molecule has 2 aliphatic rings. The van der Waals surface area contributed by atoms with Crippen LogP contribution in [0.4, 0.5) is 0 Å². The zero-order valence-corrected chi connectivity index (χ0v) is 19.7. The summed E-state index contributed by atoms with van der Waals surface area (Å²) in [6.07, 6.45) is 1.51. The van der Waals surface area contributed by atoms with Gasteiger partial charge in [0.2, 0.25) is 15.9 Å². The van der Waals surface area contributed by atoms with Gasteiger partial charge in [-0.3, -0.25) is 25.3 Å². The molecule has 33 heavy (non-hydrogen) atoms. The largest absolute Gasteiger partial charge is 0.297 e. The number of carbonyl (C=O) groups excluding carboxylic acids is 2. The molecule has 0 radical (unpaired) electrons. The molecule has 0 aromatic heterocycles. The van der Waals surface area contributed by atoms with Crippen LogP contribution in [0.25, 0.3) is 0 Å². The van der Waals surface area contributed by atoms with Crippen molar-refractivity contribution in [1.29, 1.82) is 0 Å². The van der Waals surface area contributed by atoms with Gasteiger partial charge in [0.1, 0.15) is 6.04 Å². The van der Waals surface area contributed by atoms with Crippen LogP contribution in [0.5, 0.6) is 0 Å². The van der Waals surface area contributed by atoms with Gasteiger partial charge in [0.05, 0.1) is 12.2 Å². The zero-order chi connectivity index (χ0) is 23.6. The Hall–Kier alpha value is -2.75. The van der Waals surface area contributed by atoms with Gasteiger partial charge in [-0.15, -0.1) is 0 Å². The summed E-state index contributed by atoms with van der Waals surface area (Å²) in [6, 6.07) is 19.3. The number of benzene rings is 2. The minimum atomic E-state index is -3.45. The van der Waals surface area contributed by atoms with Crippen LogP contribution < -0.4 is 10.9 Å². The third kappa shape index (κ3) is 4.95. The first-order valence-electron chi connectivity index (χ1n) is 11.1. The maximum absolute atomic E-state index is 13.3. The van der Waals surface area contributed by atoms with Crippen LogP contribution in [0.1, 0.15) is 24.5 Å². The molecule has 2 fully saturated rings. The van der Waals surface area contributed by atoms with Gasteiger partial charge < -0.3 is 0 Å². The molecule has 2 aromatic carbocycles. The topological polar surface area (TPSA) is 98.8 Å². The number of amides is 2. The van der Waals surface area contributed by atoms with E-state index in [4.69, 9.17) is 0 Å². The average molecular weight is 471 g/mol. The molecule has 2 amide bonds. The molecular weight excluding hydrogens is 440 g/mol. The third-order valence-electron chi connectivity index (χ3n) is 6.77. The molecule has 176 valence electrons. The van der Waals surface area contributed by atoms with E-state index in [9.17, 15) is 18.0 Å². The normalized spacial score (nSPS) is 25.9. The van der Waals surface area contributed by atoms with E-state index in [1.165, 1.54) is 5.56 Å². The van der Waals surface area contributed by atoms with Crippen LogP contribution >= 0.6 is 0 Å². The van der Waals surface area contributed by atoms with Gasteiger partial charge in [0.25, 0.3) is 5.91 Å². The van der Waals surface area contributed by atoms with Crippen molar-refractivity contribution in [2.45, 2.75) is 31.3 Å². The molecule has 1 unspecified atom stereocenters. The van der Waals surface area contributed by atoms with Crippen LogP contribution in [0.2, 0.25) is 0 Å². The average Bonchev–Trinajstić information content (AvgIpc) is 3.08. The monoisotopic (exact) mass is 470 g/mol. The van der Waals surface area contributed by atoms with Gasteiger partial charge in [0, 0.05) is 31.6 Å². The molecule has 2 N–H and O–H groups in total. The fraction of sp³-hybridized carbons (Fsp3) is 0.417. The van der Waals surface area contributed by atoms with Crippen molar-refractivity contribution in [2.75, 3.05) is 25.9 Å². The highest BCUT2D eigenvalue weighted by atomic mass is 32.2. The SMILES string of the molecule is C[C@]1(c2ccccc2)CN(Cc2ccccc2)C[C@@H]1C(=O)NNC(=O)C1CCN1S(C)(=O)=O. The van der Waals surface area contributed by atoms with Crippen LogP contribution in [0, 0.1) is 5.92 Å². The number of likely N-dealkylation sites (tertiary alicyclic amines) is 1. The van der Waals surface area contributed by atoms with Crippen molar-refractivity contribution in [3.63, 3.8) is 0 Å². The lowest BCUT2D eigenvalue weighted by atomic mass is 9.74.